The van der Waals surface area contributed by atoms with Gasteiger partial charge in [-0.15, -0.1) is 0 Å². The first-order valence-electron chi connectivity index (χ1n) is 26.5. The van der Waals surface area contributed by atoms with E-state index in [1.807, 2.05) is 0 Å². The number of hydrogen-bond acceptors (Lipinski definition) is 17. The second-order valence-corrected chi connectivity index (χ2v) is 20.2. The van der Waals surface area contributed by atoms with Gasteiger partial charge in [0.1, 0.15) is 59.5 Å². The summed E-state index contributed by atoms with van der Waals surface area (Å²) in [4.78, 5) is 150. The fourth-order valence-electron chi connectivity index (χ4n) is 9.39. The van der Waals surface area contributed by atoms with Crippen molar-refractivity contribution in [3.8, 4) is 17.2 Å². The van der Waals surface area contributed by atoms with Crippen molar-refractivity contribution in [2.24, 2.45) is 17.2 Å². The first-order valence-corrected chi connectivity index (χ1v) is 26.5. The summed E-state index contributed by atoms with van der Waals surface area (Å²) in [5.41, 5.74) is 17.6. The van der Waals surface area contributed by atoms with Gasteiger partial charge in [-0.2, -0.15) is 0 Å². The number of benzene rings is 3. The van der Waals surface area contributed by atoms with Crippen LogP contribution in [0.15, 0.2) is 72.8 Å². The molecule has 82 heavy (non-hydrogen) atoms. The molecule has 3 aromatic carbocycles. The highest BCUT2D eigenvalue weighted by Crippen LogP contribution is 2.27. The number of rotatable bonds is 29. The van der Waals surface area contributed by atoms with Gasteiger partial charge < -0.3 is 89.5 Å². The van der Waals surface area contributed by atoms with Crippen LogP contribution in [0.1, 0.15) is 75.0 Å². The molecule has 0 unspecified atom stereocenters. The predicted octanol–water partition coefficient (Wildman–Crippen LogP) is -3.96. The van der Waals surface area contributed by atoms with Crippen molar-refractivity contribution in [1.29, 1.82) is 0 Å². The molecule has 2 aliphatic heterocycles. The number of aliphatic hydroxyl groups excluding tert-OH is 2. The van der Waals surface area contributed by atoms with Gasteiger partial charge in [0, 0.05) is 45.2 Å². The van der Waals surface area contributed by atoms with E-state index in [0.29, 0.717) is 29.5 Å². The Morgan fingerprint density at radius 3 is 1.38 bits per heavy atom. The number of aliphatic hydroxyl groups is 2. The van der Waals surface area contributed by atoms with Gasteiger partial charge in [-0.05, 0) is 98.5 Å². The monoisotopic (exact) mass is 1150 g/mol. The van der Waals surface area contributed by atoms with Crippen molar-refractivity contribution in [3.63, 3.8) is 0 Å². The van der Waals surface area contributed by atoms with Crippen LogP contribution in [0.5, 0.6) is 17.2 Å². The van der Waals surface area contributed by atoms with Crippen molar-refractivity contribution in [2.45, 2.75) is 138 Å². The van der Waals surface area contributed by atoms with Crippen molar-refractivity contribution in [1.82, 2.24) is 41.7 Å². The van der Waals surface area contributed by atoms with Crippen molar-refractivity contribution < 1.29 is 83.4 Å². The van der Waals surface area contributed by atoms with E-state index in [1.165, 1.54) is 89.5 Å². The van der Waals surface area contributed by atoms with Crippen LogP contribution in [0, 0.1) is 0 Å². The number of aromatic hydroxyl groups is 3. The quantitative estimate of drug-likeness (QED) is 0.0315. The maximum Gasteiger partial charge on any atom is 0.328 e. The van der Waals surface area contributed by atoms with E-state index in [4.69, 9.17) is 17.2 Å². The molecule has 0 radical (unpaired) electrons. The van der Waals surface area contributed by atoms with Crippen LogP contribution in [0.2, 0.25) is 0 Å². The third kappa shape index (κ3) is 18.6. The summed E-state index contributed by atoms with van der Waals surface area (Å²) in [7, 11) is 0. The minimum atomic E-state index is -1.84. The Hall–Kier alpha value is -8.89. The molecule has 5 rings (SSSR count). The van der Waals surface area contributed by atoms with Crippen molar-refractivity contribution >= 4 is 65.0 Å². The second kappa shape index (κ2) is 30.1. The van der Waals surface area contributed by atoms with Gasteiger partial charge in [0.05, 0.1) is 18.8 Å². The maximum absolute atomic E-state index is 14.7. The van der Waals surface area contributed by atoms with Crippen LogP contribution in [0.4, 0.5) is 0 Å². The molecular formula is C54H71N11O17. The lowest BCUT2D eigenvalue weighted by atomic mass is 10.0. The average molecular weight is 1150 g/mol. The Kier molecular flexibility index (Phi) is 23.4. The minimum Gasteiger partial charge on any atom is -0.508 e. The number of nitrogens with zero attached hydrogens (tertiary/aromatic N) is 2. The first kappa shape index (κ1) is 63.9. The molecule has 28 heteroatoms. The lowest BCUT2D eigenvalue weighted by Gasteiger charge is -2.33. The lowest BCUT2D eigenvalue weighted by Crippen LogP contribution is -2.61. The number of primary amides is 2. The molecule has 444 valence electrons. The van der Waals surface area contributed by atoms with Crippen LogP contribution >= 0.6 is 0 Å². The molecule has 0 aliphatic carbocycles. The number of nitrogens with two attached hydrogens (primary N) is 3. The van der Waals surface area contributed by atoms with E-state index < -0.39 is 139 Å². The summed E-state index contributed by atoms with van der Waals surface area (Å²) in [5.74, 6) is -10.9. The van der Waals surface area contributed by atoms with E-state index in [9.17, 15) is 83.4 Å². The largest absolute Gasteiger partial charge is 0.508 e. The second-order valence-electron chi connectivity index (χ2n) is 20.2. The number of likely N-dealkylation sites (tertiary alicyclic amines) is 2. The van der Waals surface area contributed by atoms with Gasteiger partial charge in [-0.3, -0.25) is 47.9 Å². The summed E-state index contributed by atoms with van der Waals surface area (Å²) in [6.07, 6.45) is -2.65. The number of carboxylic acids is 1. The van der Waals surface area contributed by atoms with Gasteiger partial charge in [-0.25, -0.2) is 4.79 Å². The number of nitrogens with one attached hydrogen (secondary N) is 6. The Bertz CT molecular complexity index is 2780. The number of amides is 10. The smallest absolute Gasteiger partial charge is 0.328 e. The number of phenolic OH excluding ortho intramolecular Hbond substituents is 3. The molecule has 2 aliphatic rings. The van der Waals surface area contributed by atoms with E-state index in [1.54, 1.807) is 0 Å². The number of aliphatic carboxylic acids is 1. The number of carbonyl (C=O) groups excluding carboxylic acids is 10. The summed E-state index contributed by atoms with van der Waals surface area (Å²) < 4.78 is 0. The van der Waals surface area contributed by atoms with Gasteiger partial charge in [0.25, 0.3) is 0 Å². The third-order valence-corrected chi connectivity index (χ3v) is 13.9. The molecular weight excluding hydrogens is 1070 g/mol. The topological polar surface area (TPSA) is 466 Å². The van der Waals surface area contributed by atoms with Crippen LogP contribution in [0.3, 0.4) is 0 Å². The zero-order valence-electron chi connectivity index (χ0n) is 44.9. The van der Waals surface area contributed by atoms with Gasteiger partial charge in [-0.1, -0.05) is 36.4 Å². The molecule has 0 saturated carbocycles. The number of phenols is 3. The number of carbonyl (C=O) groups is 11. The van der Waals surface area contributed by atoms with Crippen LogP contribution < -0.4 is 49.1 Å². The van der Waals surface area contributed by atoms with E-state index in [2.05, 4.69) is 31.9 Å². The molecule has 2 fully saturated rings. The molecule has 2 heterocycles. The summed E-state index contributed by atoms with van der Waals surface area (Å²) in [5, 5.41) is 75.0. The highest BCUT2D eigenvalue weighted by Gasteiger charge is 2.45. The Morgan fingerprint density at radius 2 is 0.927 bits per heavy atom. The zero-order chi connectivity index (χ0) is 60.4. The summed E-state index contributed by atoms with van der Waals surface area (Å²) >= 11 is 0. The minimum absolute atomic E-state index is 0.0211. The normalized spacial score (nSPS) is 17.8. The zero-order valence-corrected chi connectivity index (χ0v) is 44.9. The summed E-state index contributed by atoms with van der Waals surface area (Å²) in [6, 6.07) is 3.14. The van der Waals surface area contributed by atoms with E-state index >= 15 is 0 Å². The Labute approximate surface area is 470 Å². The maximum atomic E-state index is 14.7. The molecule has 0 aromatic heterocycles. The van der Waals surface area contributed by atoms with Crippen LogP contribution in [-0.4, -0.2) is 186 Å². The summed E-state index contributed by atoms with van der Waals surface area (Å²) in [6.45, 7) is 0.211. The number of hydrogen-bond donors (Lipinski definition) is 15. The van der Waals surface area contributed by atoms with Gasteiger partial charge >= 0.3 is 5.97 Å². The molecule has 0 bridgehead atoms. The predicted molar refractivity (Wildman–Crippen MR) is 288 cm³/mol. The van der Waals surface area contributed by atoms with Crippen molar-refractivity contribution in [2.75, 3.05) is 19.7 Å². The molecule has 10 amide bonds. The molecule has 18 N–H and O–H groups in total. The molecule has 10 atom stereocenters. The van der Waals surface area contributed by atoms with Crippen LogP contribution in [0.25, 0.3) is 0 Å². The molecule has 2 saturated heterocycles. The van der Waals surface area contributed by atoms with Gasteiger partial charge in [0.15, 0.2) is 6.04 Å². The highest BCUT2D eigenvalue weighted by molar-refractivity contribution is 5.99. The van der Waals surface area contributed by atoms with Crippen LogP contribution in [-0.2, 0) is 72.0 Å². The standard InChI is InChI=1S/C54H71N11O17/c1-28(67)45(54(81)82)63-51(78)41-4-2-22-64(41)53(80)42-5-3-23-65(42)52(79)39(26-31-10-16-34(70)17-11-31)61-50(77)40(27-66)62-49(76)38(25-30-8-14-33(69)15-9-30)60-48(75)37(24-29-6-12-32(68)13-7-29)59-47(74)36(19-21-44(57)72)58-46(73)35(55)18-20-43(56)71/h6-17,28,35-42,45,66-70H,2-5,18-27,55H2,1H3,(H2,56,71)(H2,57,72)(H,58,73)(H,59,74)(H,60,75)(H,61,77)(H,62,76)(H,63,78)(H,81,82)/t28-,35+,36+,37+,38+,39+,40+,41+,42+,45+/m1/s1. The van der Waals surface area contributed by atoms with E-state index in [0.717, 1.165) is 0 Å². The number of carboxylic acid groups (broad SMARTS) is 1. The highest BCUT2D eigenvalue weighted by atomic mass is 16.4. The van der Waals surface area contributed by atoms with Gasteiger partial charge in [0.2, 0.25) is 59.1 Å². The Morgan fingerprint density at radius 1 is 0.537 bits per heavy atom. The fraction of sp³-hybridized carbons (Fsp3) is 0.463. The molecule has 0 spiro atoms. The van der Waals surface area contributed by atoms with E-state index in [-0.39, 0.29) is 81.7 Å². The van der Waals surface area contributed by atoms with Crippen molar-refractivity contribution in [3.05, 3.63) is 89.5 Å². The first-order chi connectivity index (χ1) is 38.8. The fourth-order valence-corrected chi connectivity index (χ4v) is 9.39. The molecule has 3 aromatic rings. The average Bonchev–Trinajstić information content (AvgIpc) is 4.09. The lowest BCUT2D eigenvalue weighted by molar-refractivity contribution is -0.149. The third-order valence-electron chi connectivity index (χ3n) is 13.9. The molecule has 28 nitrogen and oxygen atoms in total. The Balaban J connectivity index is 1.40. The SMILES string of the molecule is C[C@@H](O)[C@H](NC(=O)[C@@H]1CCCN1C(=O)[C@@H]1CCCN1C(=O)[C@H](Cc1ccc(O)cc1)NC(=O)[C@H](CO)NC(=O)[C@H](Cc1ccc(O)cc1)NC(=O)[C@H](Cc1ccc(O)cc1)NC(=O)[C@H](CCC(N)=O)NC(=O)[C@@H](N)CCC(N)=O)C(=O)O.